The van der Waals surface area contributed by atoms with Gasteiger partial charge < -0.3 is 44.6 Å². The number of carbonyl (C=O) groups is 2. The monoisotopic (exact) mass is 898 g/mol. The van der Waals surface area contributed by atoms with E-state index in [1.54, 1.807) is 18.2 Å². The fraction of sp³-hybridized carbons (Fsp3) is 0.810. The minimum atomic E-state index is -4.90. The third-order valence-electron chi connectivity index (χ3n) is 10.1. The average Bonchev–Trinajstić information content (AvgIpc) is 3.46. The van der Waals surface area contributed by atoms with Gasteiger partial charge in [0, 0.05) is 18.8 Å². The molecule has 1 saturated carbocycles. The van der Waals surface area contributed by atoms with E-state index in [1.165, 1.54) is 31.8 Å². The standard InChI is InChI=1S/C42H76O16P2/c1-3-5-7-8-9-10-11-12-13-14-15-16-17-18-20-25-41(47)54-32-36(33-57-60(52,53)56-31-35(44)30-55-59(49,50)51)58-42(48)26-22-21-24-37-38(40(46)29-39(37)45)28-27-34(43)23-19-6-4-2/h10-11,21-22,27-28,34-40,43-46H,3-9,12-20,23-26,29-33H2,1-2H3,(H,52,53)(H2,49,50,51)/b11-10-,22-21-,28-27+/t34-,35+,36-,37+,38-,39+,40-/m1/s1. The Kier molecular flexibility index (Phi) is 31.6. The molecule has 1 rings (SSSR count). The van der Waals surface area contributed by atoms with Crippen molar-refractivity contribution < 1.29 is 76.9 Å². The molecule has 0 spiro atoms. The van der Waals surface area contributed by atoms with Crippen LogP contribution in [0.2, 0.25) is 0 Å². The second-order valence-corrected chi connectivity index (χ2v) is 18.3. The Hall–Kier alpha value is -1.78. The van der Waals surface area contributed by atoms with Crippen molar-refractivity contribution in [2.45, 2.75) is 179 Å². The highest BCUT2D eigenvalue weighted by atomic mass is 31.2. The molecule has 350 valence electrons. The lowest BCUT2D eigenvalue weighted by molar-refractivity contribution is -0.160. The van der Waals surface area contributed by atoms with Gasteiger partial charge in [0.1, 0.15) is 12.7 Å². The maximum Gasteiger partial charge on any atom is 0.472 e. The molecule has 0 bridgehead atoms. The molecule has 0 aliphatic heterocycles. The Morgan fingerprint density at radius 2 is 1.27 bits per heavy atom. The summed E-state index contributed by atoms with van der Waals surface area (Å²) < 4.78 is 47.7. The van der Waals surface area contributed by atoms with Gasteiger partial charge in [-0.2, -0.15) is 0 Å². The molecular weight excluding hydrogens is 822 g/mol. The summed E-state index contributed by atoms with van der Waals surface area (Å²) in [6.45, 7) is 1.26. The van der Waals surface area contributed by atoms with Crippen LogP contribution in [0.4, 0.5) is 0 Å². The van der Waals surface area contributed by atoms with Gasteiger partial charge in [0.05, 0.1) is 44.6 Å². The fourth-order valence-corrected chi connectivity index (χ4v) is 7.83. The predicted octanol–water partition coefficient (Wildman–Crippen LogP) is 7.27. The lowest BCUT2D eigenvalue weighted by Crippen LogP contribution is -2.29. The van der Waals surface area contributed by atoms with Gasteiger partial charge in [-0.05, 0) is 50.9 Å². The smallest absolute Gasteiger partial charge is 0.462 e. The second kappa shape index (κ2) is 33.7. The van der Waals surface area contributed by atoms with Gasteiger partial charge in [-0.3, -0.25) is 23.2 Å². The number of aliphatic hydroxyl groups is 4. The van der Waals surface area contributed by atoms with Gasteiger partial charge in [-0.25, -0.2) is 9.13 Å². The minimum absolute atomic E-state index is 0.124. The molecule has 0 radical (unpaired) electrons. The van der Waals surface area contributed by atoms with Crippen LogP contribution in [0, 0.1) is 11.8 Å². The summed E-state index contributed by atoms with van der Waals surface area (Å²) in [5.41, 5.74) is 0. The summed E-state index contributed by atoms with van der Waals surface area (Å²) in [7, 11) is -9.81. The molecule has 18 heteroatoms. The maximum atomic E-state index is 12.8. The fourth-order valence-electron chi connectivity index (χ4n) is 6.67. The summed E-state index contributed by atoms with van der Waals surface area (Å²) in [6, 6.07) is 0. The van der Waals surface area contributed by atoms with Crippen molar-refractivity contribution in [3.8, 4) is 0 Å². The van der Waals surface area contributed by atoms with Crippen molar-refractivity contribution in [1.82, 2.24) is 0 Å². The van der Waals surface area contributed by atoms with Crippen LogP contribution in [0.15, 0.2) is 36.5 Å². The number of esters is 2. The molecule has 7 N–H and O–H groups in total. The number of ether oxygens (including phenoxy) is 2. The maximum absolute atomic E-state index is 12.8. The number of aliphatic hydroxyl groups excluding tert-OH is 4. The summed E-state index contributed by atoms with van der Waals surface area (Å²) in [6.07, 6.45) is 24.1. The first-order valence-electron chi connectivity index (χ1n) is 21.9. The highest BCUT2D eigenvalue weighted by molar-refractivity contribution is 7.47. The van der Waals surface area contributed by atoms with Gasteiger partial charge in [0.15, 0.2) is 6.10 Å². The Labute approximate surface area is 357 Å². The SMILES string of the molecule is CCCCCC/C=C\CCCCCCCCCC(=O)OC[C@H](COP(=O)(O)OC[C@@H](O)COP(=O)(O)O)OC(=O)C/C=C\C[C@H]1[C@@H](/C=C/[C@H](O)CCCCC)[C@H](O)C[C@@H]1O. The number of unbranched alkanes of at least 4 members (excludes halogenated alkanes) is 13. The molecule has 0 amide bonds. The largest absolute Gasteiger partial charge is 0.472 e. The highest BCUT2D eigenvalue weighted by Gasteiger charge is 2.39. The normalized spacial score (nSPS) is 21.1. The van der Waals surface area contributed by atoms with E-state index in [4.69, 9.17) is 23.8 Å². The van der Waals surface area contributed by atoms with Crippen molar-refractivity contribution in [2.75, 3.05) is 26.4 Å². The molecular formula is C42H76O16P2. The van der Waals surface area contributed by atoms with Gasteiger partial charge in [0.2, 0.25) is 0 Å². The van der Waals surface area contributed by atoms with Crippen LogP contribution >= 0.6 is 15.6 Å². The van der Waals surface area contributed by atoms with Crippen molar-refractivity contribution in [2.24, 2.45) is 11.8 Å². The molecule has 0 aromatic carbocycles. The van der Waals surface area contributed by atoms with Crippen molar-refractivity contribution in [1.29, 1.82) is 0 Å². The summed E-state index contributed by atoms with van der Waals surface area (Å²) in [5.74, 6) is -2.08. The van der Waals surface area contributed by atoms with Crippen molar-refractivity contribution >= 4 is 27.6 Å². The number of hydrogen-bond donors (Lipinski definition) is 7. The Morgan fingerprint density at radius 1 is 0.683 bits per heavy atom. The molecule has 16 nitrogen and oxygen atoms in total. The third kappa shape index (κ3) is 30.3. The van der Waals surface area contributed by atoms with E-state index >= 15 is 0 Å². The summed E-state index contributed by atoms with van der Waals surface area (Å²) >= 11 is 0. The molecule has 0 aromatic heterocycles. The highest BCUT2D eigenvalue weighted by Crippen LogP contribution is 2.44. The van der Waals surface area contributed by atoms with E-state index in [0.717, 1.165) is 70.6 Å². The lowest BCUT2D eigenvalue weighted by Gasteiger charge is -2.20. The van der Waals surface area contributed by atoms with Crippen LogP contribution in [0.1, 0.15) is 149 Å². The predicted molar refractivity (Wildman–Crippen MR) is 227 cm³/mol. The Morgan fingerprint density at radius 3 is 1.92 bits per heavy atom. The number of phosphoric ester groups is 2. The molecule has 8 atom stereocenters. The topological polar surface area (TPSA) is 256 Å². The van der Waals surface area contributed by atoms with Crippen LogP contribution < -0.4 is 0 Å². The zero-order valence-corrected chi connectivity index (χ0v) is 37.7. The van der Waals surface area contributed by atoms with Crippen molar-refractivity contribution in [3.05, 3.63) is 36.5 Å². The van der Waals surface area contributed by atoms with Gasteiger partial charge in [-0.15, -0.1) is 0 Å². The molecule has 0 saturated heterocycles. The minimum Gasteiger partial charge on any atom is -0.462 e. The zero-order valence-electron chi connectivity index (χ0n) is 35.9. The first kappa shape index (κ1) is 56.2. The van der Waals surface area contributed by atoms with E-state index in [1.807, 2.05) is 0 Å². The first-order valence-corrected chi connectivity index (χ1v) is 25.0. The van der Waals surface area contributed by atoms with Gasteiger partial charge >= 0.3 is 27.6 Å². The number of hydrogen-bond acceptors (Lipinski definition) is 13. The Balaban J connectivity index is 2.63. The lowest BCUT2D eigenvalue weighted by atomic mass is 9.89. The summed E-state index contributed by atoms with van der Waals surface area (Å²) in [5, 5.41) is 41.1. The van der Waals surface area contributed by atoms with Crippen LogP contribution in [-0.4, -0.2) is 104 Å². The van der Waals surface area contributed by atoms with Gasteiger partial charge in [-0.1, -0.05) is 121 Å². The third-order valence-corrected chi connectivity index (χ3v) is 11.5. The molecule has 0 heterocycles. The number of phosphoric acid groups is 2. The molecule has 1 fully saturated rings. The summed E-state index contributed by atoms with van der Waals surface area (Å²) in [4.78, 5) is 53.0. The zero-order chi connectivity index (χ0) is 44.7. The first-order chi connectivity index (χ1) is 28.6. The molecule has 1 unspecified atom stereocenters. The number of rotatable bonds is 37. The molecule has 0 aromatic rings. The Bertz CT molecular complexity index is 1320. The van der Waals surface area contributed by atoms with E-state index < -0.39 is 90.4 Å². The quantitative estimate of drug-likeness (QED) is 0.0140. The van der Waals surface area contributed by atoms with Crippen LogP contribution in [0.5, 0.6) is 0 Å². The van der Waals surface area contributed by atoms with Crippen LogP contribution in [0.25, 0.3) is 0 Å². The van der Waals surface area contributed by atoms with Gasteiger partial charge in [0.25, 0.3) is 0 Å². The van der Waals surface area contributed by atoms with Crippen molar-refractivity contribution in [3.63, 3.8) is 0 Å². The average molecular weight is 899 g/mol. The number of allylic oxidation sites excluding steroid dienone is 3. The number of carbonyl (C=O) groups excluding carboxylic acids is 2. The molecule has 1 aliphatic carbocycles. The second-order valence-electron chi connectivity index (χ2n) is 15.6. The molecule has 1 aliphatic rings. The van der Waals surface area contributed by atoms with E-state index in [0.29, 0.717) is 19.3 Å². The molecule has 60 heavy (non-hydrogen) atoms. The van der Waals surface area contributed by atoms with E-state index in [2.05, 4.69) is 35.0 Å². The van der Waals surface area contributed by atoms with Crippen LogP contribution in [0.3, 0.4) is 0 Å². The van der Waals surface area contributed by atoms with E-state index in [9.17, 15) is 44.0 Å². The van der Waals surface area contributed by atoms with Crippen LogP contribution in [-0.2, 0) is 41.8 Å². The van der Waals surface area contributed by atoms with E-state index in [-0.39, 0.29) is 25.2 Å².